The van der Waals surface area contributed by atoms with E-state index in [-0.39, 0.29) is 92.9 Å². The number of imide groups is 1. The van der Waals surface area contributed by atoms with E-state index in [1.54, 1.807) is 14.1 Å². The molecule has 0 spiro atoms. The zero-order chi connectivity index (χ0) is 63.0. The number of nitrogens with one attached hydrogen (secondary N) is 7. The van der Waals surface area contributed by atoms with E-state index in [4.69, 9.17) is 10.5 Å². The number of anilines is 1. The quantitative estimate of drug-likeness (QED) is 0.0258. The SMILES string of the molecule is CCC(C)(COCC(C)(C)CN1C(=O)C=CC1=O)CC(=O)NC(CNC(CCCNC(N)=O)C(=O)Nc1ccc(S(=O)(=O)NC(=O)C(C)=CC(C(C)C)N(C)C(=O)C(NC(=O)C(NC)C(C)(C)c2ccccc2)C(C)(C)C)cc1F)C(C)C. The molecule has 2 aromatic rings. The number of nitrogens with two attached hydrogens (primary N) is 1. The number of hydrogen-bond donors (Lipinski definition) is 8. The number of ether oxygens (including phenoxy) is 1. The number of hydrogen-bond acceptors (Lipinski definition) is 13. The smallest absolute Gasteiger partial charge is 0.312 e. The molecule has 0 aliphatic carbocycles. The summed E-state index contributed by atoms with van der Waals surface area (Å²) < 4.78 is 51.2. The van der Waals surface area contributed by atoms with E-state index in [1.165, 1.54) is 30.1 Å². The number of amides is 9. The zero-order valence-electron chi connectivity index (χ0n) is 51.5. The maximum atomic E-state index is 15.9. The summed E-state index contributed by atoms with van der Waals surface area (Å²) in [6.45, 7) is 26.6. The summed E-state index contributed by atoms with van der Waals surface area (Å²) >= 11 is 0. The minimum atomic E-state index is -4.71. The van der Waals surface area contributed by atoms with Gasteiger partial charge in [-0.1, -0.05) is 126 Å². The lowest BCUT2D eigenvalue weighted by atomic mass is 9.76. The first-order valence-electron chi connectivity index (χ1n) is 28.2. The molecule has 0 fully saturated rings. The number of urea groups is 1. The molecule has 0 saturated heterocycles. The molecule has 0 radical (unpaired) electrons. The second-order valence-electron chi connectivity index (χ2n) is 25.1. The predicted octanol–water partition coefficient (Wildman–Crippen LogP) is 5.42. The van der Waals surface area contributed by atoms with E-state index >= 15 is 4.39 Å². The fourth-order valence-corrected chi connectivity index (χ4v) is 10.6. The molecule has 1 aliphatic heterocycles. The number of primary amides is 1. The van der Waals surface area contributed by atoms with Crippen LogP contribution in [0.15, 0.2) is 77.2 Å². The monoisotopic (exact) mass is 1180 g/mol. The van der Waals surface area contributed by atoms with Crippen LogP contribution in [-0.2, 0) is 53.7 Å². The van der Waals surface area contributed by atoms with Gasteiger partial charge in [-0.05, 0) is 79.7 Å². The highest BCUT2D eigenvalue weighted by molar-refractivity contribution is 7.90. The lowest BCUT2D eigenvalue weighted by Crippen LogP contribution is -2.61. The maximum absolute atomic E-state index is 15.9. The molecular formula is C60H93FN10O11S. The minimum absolute atomic E-state index is 0.0655. The molecule has 21 nitrogen and oxygen atoms in total. The number of benzene rings is 2. The lowest BCUT2D eigenvalue weighted by Gasteiger charge is -2.40. The maximum Gasteiger partial charge on any atom is 0.312 e. The molecule has 23 heteroatoms. The van der Waals surface area contributed by atoms with Gasteiger partial charge in [-0.25, -0.2) is 22.3 Å². The van der Waals surface area contributed by atoms with Crippen LogP contribution in [0, 0.1) is 33.9 Å². The molecule has 2 aromatic carbocycles. The van der Waals surface area contributed by atoms with Gasteiger partial charge in [0.05, 0.1) is 41.9 Å². The second kappa shape index (κ2) is 30.3. The Labute approximate surface area is 491 Å². The van der Waals surface area contributed by atoms with E-state index in [9.17, 15) is 46.8 Å². The molecule has 1 heterocycles. The standard InChI is InChI=1S/C60H93FN10O11S/c1-17-60(14,36-82-35-58(10,11)34-71-48(73)27-28-49(71)74)32-47(72)66-45(37(2)3)33-65-44(24-21-29-64-56(62)79)53(76)67-43-26-25-41(31-42(43)61)83(80,81)69-52(75)39(6)30-46(38(4)5)70(16)55(78)51(57(7,8)9)68-54(77)50(63-15)59(12,13)40-22-19-18-20-23-40/h18-20,22-23,25-28,30-31,37-38,44-46,50-51,63,65H,17,21,24,29,32-36H2,1-16H3,(H,66,72)(H,67,76)(H,68,77)(H,69,75)(H3,62,64,79). The van der Waals surface area contributed by atoms with Gasteiger partial charge in [0.15, 0.2) is 0 Å². The van der Waals surface area contributed by atoms with E-state index < -0.39 is 102 Å². The number of carbonyl (C=O) groups excluding carboxylic acids is 8. The van der Waals surface area contributed by atoms with Crippen molar-refractivity contribution in [3.8, 4) is 0 Å². The second-order valence-corrected chi connectivity index (χ2v) is 26.8. The molecule has 462 valence electrons. The Morgan fingerprint density at radius 1 is 0.843 bits per heavy atom. The molecule has 1 aliphatic rings. The Hall–Kier alpha value is -6.56. The molecule has 9 N–H and O–H groups in total. The molecule has 6 unspecified atom stereocenters. The van der Waals surface area contributed by atoms with Crippen molar-refractivity contribution >= 4 is 63.1 Å². The van der Waals surface area contributed by atoms with Gasteiger partial charge >= 0.3 is 6.03 Å². The summed E-state index contributed by atoms with van der Waals surface area (Å²) in [6, 6.07) is 7.50. The van der Waals surface area contributed by atoms with Crippen molar-refractivity contribution in [2.45, 2.75) is 163 Å². The van der Waals surface area contributed by atoms with Crippen LogP contribution in [0.2, 0.25) is 0 Å². The molecule has 83 heavy (non-hydrogen) atoms. The van der Waals surface area contributed by atoms with Crippen LogP contribution in [0.5, 0.6) is 0 Å². The van der Waals surface area contributed by atoms with Gasteiger partial charge in [0.25, 0.3) is 27.7 Å². The van der Waals surface area contributed by atoms with Crippen molar-refractivity contribution in [2.24, 2.45) is 33.8 Å². The molecule has 9 amide bonds. The fourth-order valence-electron chi connectivity index (χ4n) is 9.53. The number of carbonyl (C=O) groups is 8. The van der Waals surface area contributed by atoms with Gasteiger partial charge < -0.3 is 47.3 Å². The van der Waals surface area contributed by atoms with Crippen LogP contribution in [-0.4, -0.2) is 143 Å². The van der Waals surface area contributed by atoms with Crippen molar-refractivity contribution in [3.63, 3.8) is 0 Å². The average molecular weight is 1180 g/mol. The number of halogens is 1. The Balaban J connectivity index is 1.74. The first-order chi connectivity index (χ1) is 38.4. The molecule has 0 saturated carbocycles. The first kappa shape index (κ1) is 70.7. The van der Waals surface area contributed by atoms with Crippen molar-refractivity contribution < 1.29 is 55.9 Å². The van der Waals surface area contributed by atoms with Crippen molar-refractivity contribution in [3.05, 3.63) is 83.7 Å². The lowest BCUT2D eigenvalue weighted by molar-refractivity contribution is -0.141. The summed E-state index contributed by atoms with van der Waals surface area (Å²) in [4.78, 5) is 107. The van der Waals surface area contributed by atoms with E-state index in [2.05, 4.69) is 31.9 Å². The highest BCUT2D eigenvalue weighted by Crippen LogP contribution is 2.31. The number of nitrogens with zero attached hydrogens (tertiary/aromatic N) is 2. The highest BCUT2D eigenvalue weighted by atomic mass is 32.2. The third kappa shape index (κ3) is 20.9. The summed E-state index contributed by atoms with van der Waals surface area (Å²) in [5.41, 5.74) is 3.15. The topological polar surface area (TPSA) is 297 Å². The van der Waals surface area contributed by atoms with Gasteiger partial charge in [0, 0.05) is 67.7 Å². The van der Waals surface area contributed by atoms with Gasteiger partial charge in [-0.15, -0.1) is 0 Å². The summed E-state index contributed by atoms with van der Waals surface area (Å²) in [5, 5.41) is 17.3. The highest BCUT2D eigenvalue weighted by Gasteiger charge is 2.42. The van der Waals surface area contributed by atoms with Crippen LogP contribution in [0.1, 0.15) is 128 Å². The van der Waals surface area contributed by atoms with Crippen LogP contribution in [0.4, 0.5) is 14.9 Å². The molecule has 0 bridgehead atoms. The number of rotatable bonds is 32. The summed E-state index contributed by atoms with van der Waals surface area (Å²) in [7, 11) is -1.48. The van der Waals surface area contributed by atoms with Gasteiger partial charge in [0.2, 0.25) is 23.6 Å². The number of sulfonamides is 1. The summed E-state index contributed by atoms with van der Waals surface area (Å²) in [5.74, 6) is -5.15. The largest absolute Gasteiger partial charge is 0.380 e. The predicted molar refractivity (Wildman–Crippen MR) is 318 cm³/mol. The van der Waals surface area contributed by atoms with E-state index in [1.807, 2.05) is 125 Å². The third-order valence-electron chi connectivity index (χ3n) is 15.1. The van der Waals surface area contributed by atoms with E-state index in [0.29, 0.717) is 12.5 Å². The molecule has 3 rings (SSSR count). The Bertz CT molecular complexity index is 2780. The number of likely N-dealkylation sites (N-methyl/N-ethyl adjacent to an activating group) is 2. The van der Waals surface area contributed by atoms with Crippen LogP contribution in [0.25, 0.3) is 0 Å². The van der Waals surface area contributed by atoms with Crippen molar-refractivity contribution in [2.75, 3.05) is 52.3 Å². The van der Waals surface area contributed by atoms with Crippen LogP contribution in [0.3, 0.4) is 0 Å². The summed E-state index contributed by atoms with van der Waals surface area (Å²) in [6.07, 6.45) is 5.00. The van der Waals surface area contributed by atoms with Crippen molar-refractivity contribution in [1.29, 1.82) is 0 Å². The van der Waals surface area contributed by atoms with E-state index in [0.717, 1.165) is 22.6 Å². The zero-order valence-corrected chi connectivity index (χ0v) is 52.3. The molecular weight excluding hydrogens is 1090 g/mol. The van der Waals surface area contributed by atoms with Gasteiger partial charge in [0.1, 0.15) is 11.9 Å². The first-order valence-corrected chi connectivity index (χ1v) is 29.7. The Morgan fingerprint density at radius 3 is 1.99 bits per heavy atom. The van der Waals surface area contributed by atoms with Gasteiger partial charge in [-0.3, -0.25) is 38.5 Å². The fraction of sp³-hybridized carbons (Fsp3) is 0.600. The Morgan fingerprint density at radius 2 is 1.46 bits per heavy atom. The normalized spacial score (nSPS) is 15.9. The molecule has 6 atom stereocenters. The van der Waals surface area contributed by atoms with Crippen LogP contribution >= 0.6 is 0 Å². The Kier molecular flexibility index (Phi) is 25.8. The van der Waals surface area contributed by atoms with Gasteiger partial charge in [-0.2, -0.15) is 0 Å². The average Bonchev–Trinajstić information content (AvgIpc) is 3.83. The third-order valence-corrected chi connectivity index (χ3v) is 16.4. The minimum Gasteiger partial charge on any atom is -0.380 e. The molecule has 0 aromatic heterocycles. The van der Waals surface area contributed by atoms with Crippen LogP contribution < -0.4 is 42.4 Å². The van der Waals surface area contributed by atoms with Crippen molar-refractivity contribution in [1.82, 2.24) is 41.1 Å².